The normalized spacial score (nSPS) is 12.9. The zero-order valence-electron chi connectivity index (χ0n) is 13.4. The van der Waals surface area contributed by atoms with Crippen LogP contribution in [-0.4, -0.2) is 32.6 Å². The number of nitrogens with one attached hydrogen (secondary N) is 1. The van der Waals surface area contributed by atoms with Crippen molar-refractivity contribution in [2.75, 3.05) is 0 Å². The second-order valence-corrected chi connectivity index (χ2v) is 6.00. The number of carboxylic acids is 1. The summed E-state index contributed by atoms with van der Waals surface area (Å²) in [6, 6.07) is -0.675. The topological polar surface area (TPSA) is 93.5 Å². The molecule has 1 aromatic heterocycles. The van der Waals surface area contributed by atoms with Crippen molar-refractivity contribution < 1.29 is 19.4 Å². The van der Waals surface area contributed by atoms with Gasteiger partial charge in [-0.1, -0.05) is 0 Å². The van der Waals surface area contributed by atoms with E-state index in [-0.39, 0.29) is 6.42 Å². The summed E-state index contributed by atoms with van der Waals surface area (Å²) in [4.78, 5) is 23.0. The van der Waals surface area contributed by atoms with Gasteiger partial charge in [-0.25, -0.2) is 4.79 Å². The van der Waals surface area contributed by atoms with Crippen molar-refractivity contribution in [1.29, 1.82) is 0 Å². The van der Waals surface area contributed by atoms with Crippen LogP contribution in [0.25, 0.3) is 0 Å². The van der Waals surface area contributed by atoms with Crippen molar-refractivity contribution in [3.63, 3.8) is 0 Å². The van der Waals surface area contributed by atoms with Crippen LogP contribution in [0.2, 0.25) is 0 Å². The molecule has 0 aromatic carbocycles. The van der Waals surface area contributed by atoms with Crippen LogP contribution in [0.15, 0.2) is 0 Å². The molecule has 118 valence electrons. The van der Waals surface area contributed by atoms with Gasteiger partial charge < -0.3 is 15.2 Å². The summed E-state index contributed by atoms with van der Waals surface area (Å²) in [7, 11) is 1.77. The molecule has 0 aliphatic heterocycles. The average Bonchev–Trinajstić information content (AvgIpc) is 2.48. The predicted molar refractivity (Wildman–Crippen MR) is 77.0 cm³/mol. The smallest absolute Gasteiger partial charge is 0.408 e. The average molecular weight is 297 g/mol. The molecule has 21 heavy (non-hydrogen) atoms. The Labute approximate surface area is 124 Å². The number of hydrogen-bond donors (Lipinski definition) is 2. The number of alkyl carbamates (subject to hydrolysis) is 1. The molecule has 2 N–H and O–H groups in total. The van der Waals surface area contributed by atoms with Crippen LogP contribution in [-0.2, 0) is 16.6 Å². The van der Waals surface area contributed by atoms with Gasteiger partial charge in [0.2, 0.25) is 0 Å². The second kappa shape index (κ2) is 6.15. The fourth-order valence-corrected chi connectivity index (χ4v) is 2.14. The summed E-state index contributed by atoms with van der Waals surface area (Å²) < 4.78 is 6.85. The van der Waals surface area contributed by atoms with E-state index in [0.717, 1.165) is 5.69 Å². The van der Waals surface area contributed by atoms with E-state index in [1.165, 1.54) is 0 Å². The molecule has 0 unspecified atom stereocenters. The van der Waals surface area contributed by atoms with Crippen LogP contribution < -0.4 is 5.32 Å². The fourth-order valence-electron chi connectivity index (χ4n) is 2.14. The van der Waals surface area contributed by atoms with Gasteiger partial charge in [-0.3, -0.25) is 9.48 Å². The van der Waals surface area contributed by atoms with E-state index >= 15 is 0 Å². The Hall–Kier alpha value is -2.05. The molecule has 7 heteroatoms. The van der Waals surface area contributed by atoms with Gasteiger partial charge in [0, 0.05) is 18.3 Å². The minimum absolute atomic E-state index is 0.230. The third-order valence-electron chi connectivity index (χ3n) is 2.98. The van der Waals surface area contributed by atoms with Crippen molar-refractivity contribution in [1.82, 2.24) is 15.1 Å². The van der Waals surface area contributed by atoms with Crippen molar-refractivity contribution >= 4 is 12.1 Å². The van der Waals surface area contributed by atoms with E-state index < -0.39 is 23.7 Å². The van der Waals surface area contributed by atoms with Gasteiger partial charge in [0.15, 0.2) is 0 Å². The largest absolute Gasteiger partial charge is 0.481 e. The maximum absolute atomic E-state index is 11.9. The molecule has 1 heterocycles. The molecule has 1 amide bonds. The standard InChI is InChI=1S/C14H23N3O4/c1-8-12(9(2)17(6)16-8)10(7-11(18)19)15-13(20)21-14(3,4)5/h10H,7H2,1-6H3,(H,15,20)(H,18,19)/t10-/m1/s1. The van der Waals surface area contributed by atoms with Crippen molar-refractivity contribution in [3.05, 3.63) is 17.0 Å². The summed E-state index contributed by atoms with van der Waals surface area (Å²) in [5.41, 5.74) is 1.58. The Bertz CT molecular complexity index is 543. The number of amides is 1. The van der Waals surface area contributed by atoms with Crippen LogP contribution in [0.5, 0.6) is 0 Å². The van der Waals surface area contributed by atoms with Gasteiger partial charge in [-0.15, -0.1) is 0 Å². The van der Waals surface area contributed by atoms with Gasteiger partial charge in [0.25, 0.3) is 0 Å². The molecule has 0 aliphatic carbocycles. The highest BCUT2D eigenvalue weighted by atomic mass is 16.6. The summed E-state index contributed by atoms with van der Waals surface area (Å²) in [5, 5.41) is 15.9. The maximum Gasteiger partial charge on any atom is 0.408 e. The molecule has 1 atom stereocenters. The summed E-state index contributed by atoms with van der Waals surface area (Å²) >= 11 is 0. The van der Waals surface area contributed by atoms with Gasteiger partial charge in [-0.2, -0.15) is 5.10 Å². The monoisotopic (exact) mass is 297 g/mol. The van der Waals surface area contributed by atoms with E-state index in [4.69, 9.17) is 9.84 Å². The zero-order valence-corrected chi connectivity index (χ0v) is 13.4. The van der Waals surface area contributed by atoms with Gasteiger partial charge in [-0.05, 0) is 34.6 Å². The quantitative estimate of drug-likeness (QED) is 0.887. The number of carbonyl (C=O) groups is 2. The molecule has 0 saturated carbocycles. The van der Waals surface area contributed by atoms with Crippen LogP contribution in [0, 0.1) is 13.8 Å². The van der Waals surface area contributed by atoms with Gasteiger partial charge in [0.05, 0.1) is 18.2 Å². The third-order valence-corrected chi connectivity index (χ3v) is 2.98. The van der Waals surface area contributed by atoms with Crippen molar-refractivity contribution in [2.45, 2.75) is 52.7 Å². The Kier molecular flexibility index (Phi) is 4.98. The molecule has 7 nitrogen and oxygen atoms in total. The first-order valence-corrected chi connectivity index (χ1v) is 6.72. The first-order chi connectivity index (χ1) is 9.51. The molecule has 0 saturated heterocycles. The van der Waals surface area contributed by atoms with E-state index in [1.54, 1.807) is 39.4 Å². The minimum Gasteiger partial charge on any atom is -0.481 e. The van der Waals surface area contributed by atoms with Crippen molar-refractivity contribution in [2.24, 2.45) is 7.05 Å². The number of aliphatic carboxylic acids is 1. The highest BCUT2D eigenvalue weighted by Gasteiger charge is 2.26. The lowest BCUT2D eigenvalue weighted by atomic mass is 10.0. The molecular weight excluding hydrogens is 274 g/mol. The van der Waals surface area contributed by atoms with E-state index in [9.17, 15) is 9.59 Å². The number of hydrogen-bond acceptors (Lipinski definition) is 4. The summed E-state index contributed by atoms with van der Waals surface area (Å²) in [5.74, 6) is -1.00. The van der Waals surface area contributed by atoms with E-state index in [0.29, 0.717) is 11.3 Å². The molecule has 0 radical (unpaired) electrons. The zero-order chi connectivity index (χ0) is 16.4. The SMILES string of the molecule is Cc1nn(C)c(C)c1[C@@H](CC(=O)O)NC(=O)OC(C)(C)C. The number of rotatable bonds is 4. The molecule has 1 rings (SSSR count). The van der Waals surface area contributed by atoms with Crippen LogP contribution in [0.1, 0.15) is 50.2 Å². The molecule has 0 spiro atoms. The number of carbonyl (C=O) groups excluding carboxylic acids is 1. The molecule has 1 aromatic rings. The van der Waals surface area contributed by atoms with Crippen LogP contribution >= 0.6 is 0 Å². The fraction of sp³-hybridized carbons (Fsp3) is 0.643. The lowest BCUT2D eigenvalue weighted by molar-refractivity contribution is -0.137. The minimum atomic E-state index is -1.00. The lowest BCUT2D eigenvalue weighted by Gasteiger charge is -2.23. The van der Waals surface area contributed by atoms with E-state index in [2.05, 4.69) is 10.4 Å². The molecule has 0 fully saturated rings. The number of aromatic nitrogens is 2. The lowest BCUT2D eigenvalue weighted by Crippen LogP contribution is -2.36. The number of ether oxygens (including phenoxy) is 1. The third kappa shape index (κ3) is 4.77. The van der Waals surface area contributed by atoms with Gasteiger partial charge in [0.1, 0.15) is 5.60 Å². The van der Waals surface area contributed by atoms with Crippen LogP contribution in [0.4, 0.5) is 4.79 Å². The number of nitrogens with zero attached hydrogens (tertiary/aromatic N) is 2. The Balaban J connectivity index is 3.01. The summed E-state index contributed by atoms with van der Waals surface area (Å²) in [6.45, 7) is 8.87. The maximum atomic E-state index is 11.9. The predicted octanol–water partition coefficient (Wildman–Crippen LogP) is 2.08. The van der Waals surface area contributed by atoms with Gasteiger partial charge >= 0.3 is 12.1 Å². The summed E-state index contributed by atoms with van der Waals surface area (Å²) in [6.07, 6.45) is -0.872. The second-order valence-electron chi connectivity index (χ2n) is 6.00. The Morgan fingerprint density at radius 3 is 2.33 bits per heavy atom. The number of carboxylic acid groups (broad SMARTS) is 1. The molecule has 0 bridgehead atoms. The van der Waals surface area contributed by atoms with E-state index in [1.807, 2.05) is 6.92 Å². The molecular formula is C14H23N3O4. The highest BCUT2D eigenvalue weighted by molar-refractivity contribution is 5.72. The van der Waals surface area contributed by atoms with Crippen LogP contribution in [0.3, 0.4) is 0 Å². The Morgan fingerprint density at radius 2 is 1.95 bits per heavy atom. The number of aryl methyl sites for hydroxylation is 2. The Morgan fingerprint density at radius 1 is 1.38 bits per heavy atom. The first kappa shape index (κ1) is 17.0. The molecule has 0 aliphatic rings. The first-order valence-electron chi connectivity index (χ1n) is 6.72. The van der Waals surface area contributed by atoms with Crippen molar-refractivity contribution in [3.8, 4) is 0 Å². The highest BCUT2D eigenvalue weighted by Crippen LogP contribution is 2.24.